The molecule has 0 spiro atoms. The molecule has 1 heterocycles. The standard InChI is InChI=1S/C9H10N2O.H2O/c1-11-6-9(12)7-4-2-3-5-8(7)10-11;/h2-6,10,12H,1H3;1H2. The molecule has 0 saturated carbocycles. The molecule has 4 nitrogen and oxygen atoms in total. The highest BCUT2D eigenvalue weighted by atomic mass is 16.3. The van der Waals surface area contributed by atoms with E-state index in [0.717, 1.165) is 11.3 Å². The van der Waals surface area contributed by atoms with E-state index in [1.807, 2.05) is 41.7 Å². The fraction of sp³-hybridized carbons (Fsp3) is 0.111. The summed E-state index contributed by atoms with van der Waals surface area (Å²) in [6.45, 7) is 0. The zero-order valence-corrected chi connectivity index (χ0v) is 7.31. The first kappa shape index (κ1) is 9.57. The van der Waals surface area contributed by atoms with Gasteiger partial charge in [0.15, 0.2) is 5.69 Å². The molecule has 0 fully saturated rings. The minimum atomic E-state index is 0. The fourth-order valence-electron chi connectivity index (χ4n) is 1.36. The fourth-order valence-corrected chi connectivity index (χ4v) is 1.36. The number of quaternary nitrogens is 1. The lowest BCUT2D eigenvalue weighted by Crippen LogP contribution is -2.87. The Kier molecular flexibility index (Phi) is 2.55. The van der Waals surface area contributed by atoms with Gasteiger partial charge in [0.05, 0.1) is 18.8 Å². The van der Waals surface area contributed by atoms with Gasteiger partial charge in [-0.3, -0.25) is 0 Å². The molecule has 0 amide bonds. The first-order valence-electron chi connectivity index (χ1n) is 3.84. The van der Waals surface area contributed by atoms with E-state index in [1.165, 1.54) is 0 Å². The lowest BCUT2D eigenvalue weighted by molar-refractivity contribution is -0.720. The summed E-state index contributed by atoms with van der Waals surface area (Å²) in [5, 5.41) is 11.4. The molecule has 13 heavy (non-hydrogen) atoms. The minimum Gasteiger partial charge on any atom is -0.870 e. The summed E-state index contributed by atoms with van der Waals surface area (Å²) in [4.78, 5) is 0. The molecule has 1 aromatic carbocycles. The van der Waals surface area contributed by atoms with Crippen molar-refractivity contribution in [1.29, 1.82) is 0 Å². The van der Waals surface area contributed by atoms with Gasteiger partial charge >= 0.3 is 0 Å². The number of hydrogen-bond donors (Lipinski definition) is 2. The van der Waals surface area contributed by atoms with Gasteiger partial charge in [0.2, 0.25) is 0 Å². The SMILES string of the molecule is CN1C=C(O)c2ccccc2[NH2+]1.[OH-]. The average Bonchev–Trinajstić information content (AvgIpc) is 2.04. The van der Waals surface area contributed by atoms with Crippen molar-refractivity contribution in [2.75, 3.05) is 7.05 Å². The quantitative estimate of drug-likeness (QED) is 0.449. The molecule has 0 aromatic heterocycles. The maximum Gasteiger partial charge on any atom is 0.165 e. The van der Waals surface area contributed by atoms with Crippen molar-refractivity contribution < 1.29 is 16.0 Å². The Morgan fingerprint density at radius 2 is 2.00 bits per heavy atom. The number of aliphatic hydroxyl groups is 1. The van der Waals surface area contributed by atoms with Crippen LogP contribution in [0.5, 0.6) is 0 Å². The maximum atomic E-state index is 9.53. The Labute approximate surface area is 76.4 Å². The maximum absolute atomic E-state index is 9.53. The number of nitrogens with two attached hydrogens (primary N) is 1. The molecular formula is C9H12N2O2. The summed E-state index contributed by atoms with van der Waals surface area (Å²) in [5.74, 6) is 0.329. The Bertz CT molecular complexity index is 336. The predicted octanol–water partition coefficient (Wildman–Crippen LogP) is 0.422. The van der Waals surface area contributed by atoms with E-state index in [2.05, 4.69) is 0 Å². The van der Waals surface area contributed by atoms with Gasteiger partial charge in [0, 0.05) is 6.07 Å². The molecule has 2 rings (SSSR count). The zero-order chi connectivity index (χ0) is 8.55. The molecule has 0 aliphatic carbocycles. The van der Waals surface area contributed by atoms with E-state index in [-0.39, 0.29) is 5.48 Å². The number of rotatable bonds is 0. The van der Waals surface area contributed by atoms with Crippen molar-refractivity contribution in [3.05, 3.63) is 36.0 Å². The Hall–Kier alpha value is -1.52. The van der Waals surface area contributed by atoms with Crippen molar-refractivity contribution >= 4 is 11.4 Å². The summed E-state index contributed by atoms with van der Waals surface area (Å²) in [6.07, 6.45) is 1.70. The van der Waals surface area contributed by atoms with Crippen LogP contribution in [-0.2, 0) is 0 Å². The third-order valence-electron chi connectivity index (χ3n) is 1.91. The van der Waals surface area contributed by atoms with E-state index >= 15 is 0 Å². The van der Waals surface area contributed by atoms with E-state index in [1.54, 1.807) is 6.20 Å². The molecule has 0 saturated heterocycles. The van der Waals surface area contributed by atoms with Crippen molar-refractivity contribution in [3.63, 3.8) is 0 Å². The molecule has 0 atom stereocenters. The van der Waals surface area contributed by atoms with Gasteiger partial charge in [-0.05, 0) is 6.07 Å². The molecule has 70 valence electrons. The van der Waals surface area contributed by atoms with Crippen LogP contribution in [0.1, 0.15) is 5.56 Å². The van der Waals surface area contributed by atoms with Gasteiger partial charge in [-0.25, -0.2) is 10.4 Å². The summed E-state index contributed by atoms with van der Waals surface area (Å²) in [6, 6.07) is 7.77. The highest BCUT2D eigenvalue weighted by Gasteiger charge is 2.16. The van der Waals surface area contributed by atoms with Gasteiger partial charge in [-0.2, -0.15) is 0 Å². The van der Waals surface area contributed by atoms with Crippen LogP contribution in [0.2, 0.25) is 0 Å². The van der Waals surface area contributed by atoms with Crippen LogP contribution >= 0.6 is 0 Å². The highest BCUT2D eigenvalue weighted by Crippen LogP contribution is 2.20. The molecule has 0 radical (unpaired) electrons. The third kappa shape index (κ3) is 1.63. The zero-order valence-electron chi connectivity index (χ0n) is 7.31. The van der Waals surface area contributed by atoms with Crippen LogP contribution < -0.4 is 5.43 Å². The van der Waals surface area contributed by atoms with E-state index in [4.69, 9.17) is 0 Å². The molecule has 1 aliphatic rings. The smallest absolute Gasteiger partial charge is 0.165 e. The second-order valence-corrected chi connectivity index (χ2v) is 2.90. The Balaban J connectivity index is 0.000000845. The first-order chi connectivity index (χ1) is 5.77. The number of fused-ring (bicyclic) bond motifs is 1. The second-order valence-electron chi connectivity index (χ2n) is 2.90. The number of benzene rings is 1. The monoisotopic (exact) mass is 180 g/mol. The van der Waals surface area contributed by atoms with E-state index < -0.39 is 0 Å². The van der Waals surface area contributed by atoms with Crippen LogP contribution in [0.15, 0.2) is 30.5 Å². The van der Waals surface area contributed by atoms with Crippen molar-refractivity contribution in [2.45, 2.75) is 0 Å². The molecule has 4 heteroatoms. The second kappa shape index (κ2) is 3.47. The molecule has 4 N–H and O–H groups in total. The molecule has 1 aliphatic heterocycles. The lowest BCUT2D eigenvalue weighted by Gasteiger charge is -2.18. The van der Waals surface area contributed by atoms with Crippen LogP contribution in [0.25, 0.3) is 5.76 Å². The lowest BCUT2D eigenvalue weighted by atomic mass is 10.1. The van der Waals surface area contributed by atoms with E-state index in [0.29, 0.717) is 5.76 Å². The number of hydrogen-bond acceptors (Lipinski definition) is 3. The van der Waals surface area contributed by atoms with Crippen molar-refractivity contribution in [3.8, 4) is 0 Å². The van der Waals surface area contributed by atoms with Gasteiger partial charge < -0.3 is 10.6 Å². The van der Waals surface area contributed by atoms with Crippen molar-refractivity contribution in [1.82, 2.24) is 5.01 Å². The average molecular weight is 180 g/mol. The molecule has 1 aromatic rings. The van der Waals surface area contributed by atoms with Crippen molar-refractivity contribution in [2.24, 2.45) is 0 Å². The summed E-state index contributed by atoms with van der Waals surface area (Å²) < 4.78 is 0. The molecule has 0 unspecified atom stereocenters. The Morgan fingerprint density at radius 1 is 1.31 bits per heavy atom. The summed E-state index contributed by atoms with van der Waals surface area (Å²) in [5.41, 5.74) is 3.94. The molecule has 0 bridgehead atoms. The van der Waals surface area contributed by atoms with Crippen LogP contribution in [0.3, 0.4) is 0 Å². The number of aliphatic hydroxyl groups excluding tert-OH is 1. The topological polar surface area (TPSA) is 70.1 Å². The largest absolute Gasteiger partial charge is 0.870 e. The Morgan fingerprint density at radius 3 is 2.77 bits per heavy atom. The first-order valence-corrected chi connectivity index (χ1v) is 3.84. The minimum absolute atomic E-state index is 0. The molecular weight excluding hydrogens is 168 g/mol. The van der Waals surface area contributed by atoms with E-state index in [9.17, 15) is 5.11 Å². The van der Waals surface area contributed by atoms with Gasteiger partial charge in [-0.15, -0.1) is 0 Å². The summed E-state index contributed by atoms with van der Waals surface area (Å²) in [7, 11) is 1.90. The number of nitrogens with zero attached hydrogens (tertiary/aromatic N) is 1. The normalized spacial score (nSPS) is 14.2. The third-order valence-corrected chi connectivity index (χ3v) is 1.91. The van der Waals surface area contributed by atoms with Gasteiger partial charge in [-0.1, -0.05) is 12.1 Å². The van der Waals surface area contributed by atoms with Gasteiger partial charge in [0.25, 0.3) is 0 Å². The summed E-state index contributed by atoms with van der Waals surface area (Å²) >= 11 is 0. The van der Waals surface area contributed by atoms with Gasteiger partial charge in [0.1, 0.15) is 5.76 Å². The van der Waals surface area contributed by atoms with Crippen LogP contribution in [-0.4, -0.2) is 22.6 Å². The predicted molar refractivity (Wildman–Crippen MR) is 48.3 cm³/mol. The van der Waals surface area contributed by atoms with Crippen LogP contribution in [0, 0.1) is 0 Å². The van der Waals surface area contributed by atoms with Crippen LogP contribution in [0.4, 0.5) is 5.69 Å². The highest BCUT2D eigenvalue weighted by molar-refractivity contribution is 5.67.